The second kappa shape index (κ2) is 9.55. The van der Waals surface area contributed by atoms with Crippen LogP contribution in [0, 0.1) is 0 Å². The van der Waals surface area contributed by atoms with E-state index in [0.29, 0.717) is 5.02 Å². The van der Waals surface area contributed by atoms with Crippen LogP contribution < -0.4 is 4.90 Å². The molecule has 3 aromatic rings. The van der Waals surface area contributed by atoms with Gasteiger partial charge in [-0.05, 0) is 60.5 Å². The second-order valence-corrected chi connectivity index (χ2v) is 8.33. The van der Waals surface area contributed by atoms with E-state index in [-0.39, 0.29) is 6.04 Å². The maximum absolute atomic E-state index is 6.18. The SMILES string of the molecule is CCCCN1C[C@H](c2ccccc2)N(c2ccc(Cl)cc2)C1=Nc1ccc(Cl)cc1. The summed E-state index contributed by atoms with van der Waals surface area (Å²) in [5.74, 6) is 0.960. The highest BCUT2D eigenvalue weighted by Gasteiger charge is 2.37. The summed E-state index contributed by atoms with van der Waals surface area (Å²) in [4.78, 5) is 9.79. The van der Waals surface area contributed by atoms with Crippen molar-refractivity contribution < 1.29 is 0 Å². The summed E-state index contributed by atoms with van der Waals surface area (Å²) in [5, 5.41) is 1.44. The minimum Gasteiger partial charge on any atom is -0.340 e. The van der Waals surface area contributed by atoms with E-state index >= 15 is 0 Å². The summed E-state index contributed by atoms with van der Waals surface area (Å²) in [6.45, 7) is 4.08. The lowest BCUT2D eigenvalue weighted by molar-refractivity contribution is 0.424. The lowest BCUT2D eigenvalue weighted by Gasteiger charge is -2.27. The first-order valence-corrected chi connectivity index (χ1v) is 11.1. The Morgan fingerprint density at radius 3 is 2.13 bits per heavy atom. The number of rotatable bonds is 6. The van der Waals surface area contributed by atoms with Crippen molar-refractivity contribution in [3.05, 3.63) is 94.5 Å². The van der Waals surface area contributed by atoms with E-state index < -0.39 is 0 Å². The lowest BCUT2D eigenvalue weighted by Crippen LogP contribution is -2.34. The molecule has 1 aliphatic heterocycles. The number of aliphatic imine (C=N–C) groups is 1. The number of benzene rings is 3. The van der Waals surface area contributed by atoms with Crippen molar-refractivity contribution in [2.75, 3.05) is 18.0 Å². The van der Waals surface area contributed by atoms with E-state index in [1.54, 1.807) is 0 Å². The van der Waals surface area contributed by atoms with E-state index in [1.807, 2.05) is 36.4 Å². The summed E-state index contributed by atoms with van der Waals surface area (Å²) in [6, 6.07) is 26.5. The molecule has 154 valence electrons. The lowest BCUT2D eigenvalue weighted by atomic mass is 10.1. The van der Waals surface area contributed by atoms with E-state index in [1.165, 1.54) is 5.56 Å². The predicted octanol–water partition coefficient (Wildman–Crippen LogP) is 7.34. The Morgan fingerprint density at radius 2 is 1.50 bits per heavy atom. The summed E-state index contributed by atoms with van der Waals surface area (Å²) < 4.78 is 0. The molecule has 5 heteroatoms. The van der Waals surface area contributed by atoms with Crippen LogP contribution >= 0.6 is 23.2 Å². The maximum Gasteiger partial charge on any atom is 0.207 e. The van der Waals surface area contributed by atoms with E-state index in [2.05, 4.69) is 59.2 Å². The van der Waals surface area contributed by atoms with Crippen LogP contribution in [0.4, 0.5) is 11.4 Å². The number of hydrogen-bond donors (Lipinski definition) is 0. The second-order valence-electron chi connectivity index (χ2n) is 7.46. The van der Waals surface area contributed by atoms with Crippen LogP contribution in [0.1, 0.15) is 31.4 Å². The number of nitrogens with zero attached hydrogens (tertiary/aromatic N) is 3. The van der Waals surface area contributed by atoms with Gasteiger partial charge in [-0.3, -0.25) is 0 Å². The number of guanidine groups is 1. The van der Waals surface area contributed by atoms with Gasteiger partial charge in [-0.2, -0.15) is 0 Å². The van der Waals surface area contributed by atoms with Crippen LogP contribution in [-0.4, -0.2) is 23.9 Å². The topological polar surface area (TPSA) is 18.8 Å². The van der Waals surface area contributed by atoms with Crippen molar-refractivity contribution in [2.45, 2.75) is 25.8 Å². The Morgan fingerprint density at radius 1 is 0.867 bits per heavy atom. The van der Waals surface area contributed by atoms with Gasteiger partial charge in [-0.1, -0.05) is 66.9 Å². The highest BCUT2D eigenvalue weighted by Crippen LogP contribution is 2.36. The minimum absolute atomic E-state index is 0.176. The van der Waals surface area contributed by atoms with Crippen LogP contribution in [0.2, 0.25) is 10.0 Å². The summed E-state index contributed by atoms with van der Waals surface area (Å²) in [5.41, 5.74) is 3.25. The molecule has 0 unspecified atom stereocenters. The molecular weight excluding hydrogens is 413 g/mol. The number of unbranched alkanes of at least 4 members (excludes halogenated alkanes) is 1. The first-order chi connectivity index (χ1) is 14.7. The molecule has 3 aromatic carbocycles. The number of halogens is 2. The molecule has 0 aromatic heterocycles. The summed E-state index contributed by atoms with van der Waals surface area (Å²) >= 11 is 12.3. The third-order valence-corrected chi connectivity index (χ3v) is 5.83. The normalized spacial score (nSPS) is 17.7. The Kier molecular flexibility index (Phi) is 6.61. The van der Waals surface area contributed by atoms with Gasteiger partial charge in [-0.15, -0.1) is 0 Å². The van der Waals surface area contributed by atoms with Crippen molar-refractivity contribution in [1.82, 2.24) is 4.90 Å². The smallest absolute Gasteiger partial charge is 0.207 e. The van der Waals surface area contributed by atoms with Crippen LogP contribution in [-0.2, 0) is 0 Å². The van der Waals surface area contributed by atoms with Gasteiger partial charge in [0.05, 0.1) is 11.7 Å². The zero-order valence-electron chi connectivity index (χ0n) is 17.0. The molecule has 0 saturated carbocycles. The van der Waals surface area contributed by atoms with Gasteiger partial charge in [0, 0.05) is 28.8 Å². The molecule has 0 radical (unpaired) electrons. The van der Waals surface area contributed by atoms with Gasteiger partial charge in [0.1, 0.15) is 0 Å². The van der Waals surface area contributed by atoms with Gasteiger partial charge in [0.15, 0.2) is 0 Å². The van der Waals surface area contributed by atoms with Gasteiger partial charge in [-0.25, -0.2) is 4.99 Å². The zero-order valence-corrected chi connectivity index (χ0v) is 18.5. The Labute approximate surface area is 188 Å². The summed E-state index contributed by atoms with van der Waals surface area (Å²) in [6.07, 6.45) is 2.26. The Bertz CT molecular complexity index is 985. The van der Waals surface area contributed by atoms with Crippen molar-refractivity contribution in [1.29, 1.82) is 0 Å². The molecular formula is C25H25Cl2N3. The third kappa shape index (κ3) is 4.63. The average molecular weight is 438 g/mol. The van der Waals surface area contributed by atoms with Crippen molar-refractivity contribution in [3.8, 4) is 0 Å². The van der Waals surface area contributed by atoms with Crippen molar-refractivity contribution >= 4 is 40.5 Å². The zero-order chi connectivity index (χ0) is 20.9. The highest BCUT2D eigenvalue weighted by atomic mass is 35.5. The largest absolute Gasteiger partial charge is 0.340 e. The molecule has 0 amide bonds. The molecule has 0 N–H and O–H groups in total. The van der Waals surface area contributed by atoms with Crippen LogP contribution in [0.5, 0.6) is 0 Å². The Hall–Kier alpha value is -2.49. The van der Waals surface area contributed by atoms with E-state index in [9.17, 15) is 0 Å². The maximum atomic E-state index is 6.18. The summed E-state index contributed by atoms with van der Waals surface area (Å²) in [7, 11) is 0. The van der Waals surface area contributed by atoms with Crippen LogP contribution in [0.15, 0.2) is 83.9 Å². The highest BCUT2D eigenvalue weighted by molar-refractivity contribution is 6.31. The molecule has 1 fully saturated rings. The van der Waals surface area contributed by atoms with Crippen LogP contribution in [0.25, 0.3) is 0 Å². The molecule has 0 spiro atoms. The van der Waals surface area contributed by atoms with E-state index in [0.717, 1.165) is 48.3 Å². The van der Waals surface area contributed by atoms with Crippen LogP contribution in [0.3, 0.4) is 0 Å². The molecule has 1 aliphatic rings. The predicted molar refractivity (Wildman–Crippen MR) is 128 cm³/mol. The number of anilines is 1. The van der Waals surface area contributed by atoms with Gasteiger partial charge >= 0.3 is 0 Å². The van der Waals surface area contributed by atoms with Gasteiger partial charge in [0.25, 0.3) is 0 Å². The molecule has 30 heavy (non-hydrogen) atoms. The van der Waals surface area contributed by atoms with Crippen molar-refractivity contribution in [3.63, 3.8) is 0 Å². The fourth-order valence-corrected chi connectivity index (χ4v) is 4.04. The molecule has 3 nitrogen and oxygen atoms in total. The van der Waals surface area contributed by atoms with Gasteiger partial charge < -0.3 is 9.80 Å². The fraction of sp³-hybridized carbons (Fsp3) is 0.240. The first-order valence-electron chi connectivity index (χ1n) is 10.3. The fourth-order valence-electron chi connectivity index (χ4n) is 3.79. The molecule has 1 heterocycles. The third-order valence-electron chi connectivity index (χ3n) is 5.33. The molecule has 4 rings (SSSR count). The first kappa shape index (κ1) is 20.8. The average Bonchev–Trinajstić information content (AvgIpc) is 3.13. The molecule has 1 atom stereocenters. The molecule has 0 bridgehead atoms. The minimum atomic E-state index is 0.176. The molecule has 1 saturated heterocycles. The van der Waals surface area contributed by atoms with Gasteiger partial charge in [0.2, 0.25) is 5.96 Å². The standard InChI is InChI=1S/C25H25Cl2N3/c1-2-3-17-29-18-24(19-7-5-4-6-8-19)30(23-15-11-21(27)12-16-23)25(29)28-22-13-9-20(26)10-14-22/h4-16,24H,2-3,17-18H2,1H3/t24-/m1/s1. The van der Waals surface area contributed by atoms with Crippen molar-refractivity contribution in [2.24, 2.45) is 4.99 Å². The Balaban J connectivity index is 1.81. The van der Waals surface area contributed by atoms with E-state index in [4.69, 9.17) is 28.2 Å². The number of hydrogen-bond acceptors (Lipinski definition) is 1. The molecule has 0 aliphatic carbocycles. The monoisotopic (exact) mass is 437 g/mol. The quantitative estimate of drug-likeness (QED) is 0.401.